The number of amides is 2. The number of anilines is 1. The normalized spacial score (nSPS) is 11.9. The summed E-state index contributed by atoms with van der Waals surface area (Å²) >= 11 is 0. The molecule has 1 unspecified atom stereocenters. The van der Waals surface area contributed by atoms with E-state index in [4.69, 9.17) is 11.5 Å². The van der Waals surface area contributed by atoms with Gasteiger partial charge in [-0.25, -0.2) is 0 Å². The van der Waals surface area contributed by atoms with Gasteiger partial charge in [-0.1, -0.05) is 13.3 Å². The molecule has 1 aromatic rings. The van der Waals surface area contributed by atoms with Gasteiger partial charge in [0.1, 0.15) is 0 Å². The van der Waals surface area contributed by atoms with Crippen molar-refractivity contribution in [1.29, 1.82) is 0 Å². The van der Waals surface area contributed by atoms with Gasteiger partial charge in [0.15, 0.2) is 0 Å². The smallest absolute Gasteiger partial charge is 0.248 e. The van der Waals surface area contributed by atoms with Gasteiger partial charge in [-0.05, 0) is 37.1 Å². The van der Waals surface area contributed by atoms with E-state index in [1.807, 2.05) is 13.8 Å². The van der Waals surface area contributed by atoms with Crippen molar-refractivity contribution in [1.82, 2.24) is 0 Å². The lowest BCUT2D eigenvalue weighted by Crippen LogP contribution is -2.29. The maximum atomic E-state index is 12.0. The summed E-state index contributed by atoms with van der Waals surface area (Å²) in [6.45, 7) is 4.17. The van der Waals surface area contributed by atoms with Crippen LogP contribution in [0.25, 0.3) is 0 Å². The van der Waals surface area contributed by atoms with Crippen molar-refractivity contribution in [2.24, 2.45) is 17.4 Å². The molecule has 0 heterocycles. The number of hydrogen-bond acceptors (Lipinski definition) is 3. The molecule has 5 nitrogen and oxygen atoms in total. The van der Waals surface area contributed by atoms with Gasteiger partial charge >= 0.3 is 0 Å². The Kier molecular flexibility index (Phi) is 5.51. The van der Waals surface area contributed by atoms with Crippen molar-refractivity contribution in [3.8, 4) is 0 Å². The van der Waals surface area contributed by atoms with Crippen molar-refractivity contribution >= 4 is 17.5 Å². The van der Waals surface area contributed by atoms with Crippen molar-refractivity contribution in [2.45, 2.75) is 26.7 Å². The minimum atomic E-state index is -0.480. The predicted octanol–water partition coefficient (Wildman–Crippen LogP) is 1.41. The number of aryl methyl sites for hydroxylation is 1. The van der Waals surface area contributed by atoms with Crippen LogP contribution in [-0.2, 0) is 4.79 Å². The van der Waals surface area contributed by atoms with E-state index in [9.17, 15) is 9.59 Å². The fourth-order valence-electron chi connectivity index (χ4n) is 1.90. The molecular formula is C14H21N3O2. The summed E-state index contributed by atoms with van der Waals surface area (Å²) in [5, 5.41) is 2.84. The Morgan fingerprint density at radius 3 is 2.53 bits per heavy atom. The van der Waals surface area contributed by atoms with Gasteiger partial charge in [-0.15, -0.1) is 0 Å². The fraction of sp³-hybridized carbons (Fsp3) is 0.429. The van der Waals surface area contributed by atoms with Crippen LogP contribution < -0.4 is 16.8 Å². The van der Waals surface area contributed by atoms with E-state index >= 15 is 0 Å². The van der Waals surface area contributed by atoms with Gasteiger partial charge < -0.3 is 16.8 Å². The van der Waals surface area contributed by atoms with Gasteiger partial charge in [0, 0.05) is 17.8 Å². The summed E-state index contributed by atoms with van der Waals surface area (Å²) in [4.78, 5) is 23.1. The Hall–Kier alpha value is -1.88. The Balaban J connectivity index is 2.82. The van der Waals surface area contributed by atoms with Crippen LogP contribution in [0.4, 0.5) is 5.69 Å². The highest BCUT2D eigenvalue weighted by Crippen LogP contribution is 2.18. The highest BCUT2D eigenvalue weighted by Gasteiger charge is 2.16. The van der Waals surface area contributed by atoms with Crippen molar-refractivity contribution in [3.63, 3.8) is 0 Å². The Labute approximate surface area is 113 Å². The highest BCUT2D eigenvalue weighted by molar-refractivity contribution is 5.96. The first-order valence-corrected chi connectivity index (χ1v) is 6.41. The molecule has 0 aliphatic heterocycles. The third-order valence-electron chi connectivity index (χ3n) is 3.06. The number of primary amides is 1. The molecule has 2 amide bonds. The first-order valence-electron chi connectivity index (χ1n) is 6.41. The molecule has 0 saturated heterocycles. The second-order valence-corrected chi connectivity index (χ2v) is 4.60. The van der Waals surface area contributed by atoms with Crippen LogP contribution in [0.15, 0.2) is 18.2 Å². The molecular weight excluding hydrogens is 242 g/mol. The molecule has 0 fully saturated rings. The van der Waals surface area contributed by atoms with Crippen LogP contribution in [0, 0.1) is 12.8 Å². The van der Waals surface area contributed by atoms with E-state index in [1.54, 1.807) is 18.2 Å². The Morgan fingerprint density at radius 2 is 2.05 bits per heavy atom. The number of carbonyl (C=O) groups excluding carboxylic acids is 2. The number of rotatable bonds is 6. The zero-order valence-corrected chi connectivity index (χ0v) is 11.4. The largest absolute Gasteiger partial charge is 0.366 e. The second-order valence-electron chi connectivity index (χ2n) is 4.60. The van der Waals surface area contributed by atoms with Gasteiger partial charge in [0.05, 0.1) is 5.92 Å². The number of nitrogens with one attached hydrogen (secondary N) is 1. The predicted molar refractivity (Wildman–Crippen MR) is 75.8 cm³/mol. The lowest BCUT2D eigenvalue weighted by molar-refractivity contribution is -0.119. The molecule has 104 valence electrons. The van der Waals surface area contributed by atoms with Crippen molar-refractivity contribution in [2.75, 3.05) is 11.9 Å². The van der Waals surface area contributed by atoms with Crippen LogP contribution >= 0.6 is 0 Å². The maximum Gasteiger partial charge on any atom is 0.248 e. The molecule has 1 atom stereocenters. The zero-order valence-electron chi connectivity index (χ0n) is 11.4. The van der Waals surface area contributed by atoms with Gasteiger partial charge in [0.25, 0.3) is 0 Å². The van der Waals surface area contributed by atoms with Crippen molar-refractivity contribution in [3.05, 3.63) is 29.3 Å². The molecule has 0 saturated carbocycles. The van der Waals surface area contributed by atoms with Gasteiger partial charge in [0.2, 0.25) is 11.8 Å². The zero-order chi connectivity index (χ0) is 14.4. The summed E-state index contributed by atoms with van der Waals surface area (Å²) in [6, 6.07) is 4.95. The summed E-state index contributed by atoms with van der Waals surface area (Å²) < 4.78 is 0. The molecule has 0 aliphatic carbocycles. The summed E-state index contributed by atoms with van der Waals surface area (Å²) in [7, 11) is 0. The number of carbonyl (C=O) groups is 2. The van der Waals surface area contributed by atoms with Crippen LogP contribution in [0.5, 0.6) is 0 Å². The number of nitrogens with two attached hydrogens (primary N) is 2. The number of benzene rings is 1. The minimum Gasteiger partial charge on any atom is -0.366 e. The SMILES string of the molecule is CCCC(CN)C(=O)Nc1ccc(C(N)=O)cc1C. The molecule has 0 spiro atoms. The summed E-state index contributed by atoms with van der Waals surface area (Å²) in [5.41, 5.74) is 12.7. The Bertz CT molecular complexity index is 472. The second kappa shape index (κ2) is 6.89. The van der Waals surface area contributed by atoms with Gasteiger partial charge in [-0.3, -0.25) is 9.59 Å². The van der Waals surface area contributed by atoms with Crippen LogP contribution in [0.1, 0.15) is 35.7 Å². The Morgan fingerprint density at radius 1 is 1.37 bits per heavy atom. The lowest BCUT2D eigenvalue weighted by Gasteiger charge is -2.15. The summed E-state index contributed by atoms with van der Waals surface area (Å²) in [6.07, 6.45) is 1.68. The minimum absolute atomic E-state index is 0.0840. The standard InChI is InChI=1S/C14H21N3O2/c1-3-4-11(8-15)14(19)17-12-6-5-10(13(16)18)7-9(12)2/h5-7,11H,3-4,8,15H2,1-2H3,(H2,16,18)(H,17,19). The first-order chi connectivity index (χ1) is 8.99. The number of hydrogen-bond donors (Lipinski definition) is 3. The molecule has 0 aliphatic rings. The topological polar surface area (TPSA) is 98.2 Å². The molecule has 19 heavy (non-hydrogen) atoms. The average Bonchev–Trinajstić information content (AvgIpc) is 2.37. The molecule has 0 radical (unpaired) electrons. The average molecular weight is 263 g/mol. The van der Waals surface area contributed by atoms with Crippen molar-refractivity contribution < 1.29 is 9.59 Å². The van der Waals surface area contributed by atoms with Crippen LogP contribution in [-0.4, -0.2) is 18.4 Å². The lowest BCUT2D eigenvalue weighted by atomic mass is 10.0. The third kappa shape index (κ3) is 4.06. The molecule has 1 aromatic carbocycles. The van der Waals surface area contributed by atoms with Crippen LogP contribution in [0.3, 0.4) is 0 Å². The molecule has 1 rings (SSSR count). The molecule has 5 heteroatoms. The van der Waals surface area contributed by atoms with E-state index in [2.05, 4.69) is 5.32 Å². The molecule has 5 N–H and O–H groups in total. The fourth-order valence-corrected chi connectivity index (χ4v) is 1.90. The third-order valence-corrected chi connectivity index (χ3v) is 3.06. The van der Waals surface area contributed by atoms with E-state index in [0.717, 1.165) is 18.4 Å². The monoisotopic (exact) mass is 263 g/mol. The molecule has 0 bridgehead atoms. The highest BCUT2D eigenvalue weighted by atomic mass is 16.2. The van der Waals surface area contributed by atoms with E-state index < -0.39 is 5.91 Å². The van der Waals surface area contributed by atoms with E-state index in [1.165, 1.54) is 0 Å². The maximum absolute atomic E-state index is 12.0. The van der Waals surface area contributed by atoms with Crippen LogP contribution in [0.2, 0.25) is 0 Å². The first kappa shape index (κ1) is 15.2. The van der Waals surface area contributed by atoms with E-state index in [-0.39, 0.29) is 11.8 Å². The summed E-state index contributed by atoms with van der Waals surface area (Å²) in [5.74, 6) is -0.744. The quantitative estimate of drug-likeness (QED) is 0.723. The molecule has 0 aromatic heterocycles. The van der Waals surface area contributed by atoms with Gasteiger partial charge in [-0.2, -0.15) is 0 Å². The van der Waals surface area contributed by atoms with E-state index in [0.29, 0.717) is 17.8 Å².